The summed E-state index contributed by atoms with van der Waals surface area (Å²) in [5.41, 5.74) is 2.41. The molecule has 0 saturated carbocycles. The van der Waals surface area contributed by atoms with E-state index in [2.05, 4.69) is 29.2 Å². The fourth-order valence-electron chi connectivity index (χ4n) is 3.60. The van der Waals surface area contributed by atoms with Crippen LogP contribution in [0.25, 0.3) is 0 Å². The molecule has 0 bridgehead atoms. The molecule has 2 aromatic carbocycles. The molecular weight excluding hydrogens is 372 g/mol. The van der Waals surface area contributed by atoms with Gasteiger partial charge in [-0.1, -0.05) is 60.7 Å². The molecule has 1 fully saturated rings. The van der Waals surface area contributed by atoms with Crippen LogP contribution in [-0.2, 0) is 10.2 Å². The zero-order valence-corrected chi connectivity index (χ0v) is 16.9. The molecule has 1 saturated heterocycles. The third kappa shape index (κ3) is 4.59. The van der Waals surface area contributed by atoms with Gasteiger partial charge in [-0.05, 0) is 11.1 Å². The molecule has 0 amide bonds. The number of hydrogen-bond donors (Lipinski definition) is 0. The van der Waals surface area contributed by atoms with E-state index in [0.717, 1.165) is 0 Å². The van der Waals surface area contributed by atoms with Crippen LogP contribution < -0.4 is 0 Å². The van der Waals surface area contributed by atoms with E-state index in [0.29, 0.717) is 26.2 Å². The van der Waals surface area contributed by atoms with E-state index in [4.69, 9.17) is 5.26 Å². The lowest BCUT2D eigenvalue weighted by Gasteiger charge is -2.40. The van der Waals surface area contributed by atoms with Crippen molar-refractivity contribution in [2.24, 2.45) is 0 Å². The molecule has 6 nitrogen and oxygen atoms in total. The normalized spacial score (nSPS) is 16.4. The van der Waals surface area contributed by atoms with E-state index in [-0.39, 0.29) is 19.0 Å². The topological polar surface area (TPSA) is 67.6 Å². The Morgan fingerprint density at radius 3 is 1.93 bits per heavy atom. The smallest absolute Gasteiger partial charge is 0.281 e. The second-order valence-corrected chi connectivity index (χ2v) is 8.93. The van der Waals surface area contributed by atoms with Gasteiger partial charge in [0.05, 0.1) is 12.1 Å². The molecule has 0 aliphatic carbocycles. The molecule has 3 rings (SSSR count). The molecule has 0 spiro atoms. The molecule has 2 aromatic rings. The maximum atomic E-state index is 12.7. The summed E-state index contributed by atoms with van der Waals surface area (Å²) in [6.45, 7) is 2.40. The van der Waals surface area contributed by atoms with Gasteiger partial charge in [-0.3, -0.25) is 4.90 Å². The molecule has 0 atom stereocenters. The summed E-state index contributed by atoms with van der Waals surface area (Å²) >= 11 is 0. The minimum atomic E-state index is -3.52. The van der Waals surface area contributed by atoms with Gasteiger partial charge >= 0.3 is 0 Å². The first kappa shape index (κ1) is 20.5. The van der Waals surface area contributed by atoms with Gasteiger partial charge in [-0.2, -0.15) is 22.3 Å². The third-order valence-electron chi connectivity index (χ3n) is 5.13. The first-order chi connectivity index (χ1) is 13.5. The van der Waals surface area contributed by atoms with Crippen LogP contribution in [0.1, 0.15) is 23.6 Å². The first-order valence-corrected chi connectivity index (χ1v) is 10.9. The molecule has 0 N–H and O–H groups in total. The fourth-order valence-corrected chi connectivity index (χ4v) is 4.94. The van der Waals surface area contributed by atoms with Crippen molar-refractivity contribution in [3.63, 3.8) is 0 Å². The fraction of sp³-hybridized carbons (Fsp3) is 0.381. The van der Waals surface area contributed by atoms with Gasteiger partial charge in [0, 0.05) is 46.2 Å². The summed E-state index contributed by atoms with van der Waals surface area (Å²) in [6, 6.07) is 22.8. The Balaban J connectivity index is 1.75. The van der Waals surface area contributed by atoms with E-state index >= 15 is 0 Å². The number of piperazine rings is 1. The number of benzene rings is 2. The highest BCUT2D eigenvalue weighted by atomic mass is 32.2. The SMILES string of the molecule is CN(CCC#N)S(=O)(=O)N1CCN(C(c2ccccc2)c2ccccc2)CC1. The number of hydrogen-bond acceptors (Lipinski definition) is 4. The predicted octanol–water partition coefficient (Wildman–Crippen LogP) is 2.48. The van der Waals surface area contributed by atoms with Crippen molar-refractivity contribution in [2.75, 3.05) is 39.8 Å². The van der Waals surface area contributed by atoms with E-state index in [9.17, 15) is 8.42 Å². The van der Waals surface area contributed by atoms with Crippen molar-refractivity contribution in [3.8, 4) is 6.07 Å². The molecule has 7 heteroatoms. The standard InChI is InChI=1S/C21H26N4O2S/c1-23(14-8-13-22)28(26,27)25-17-15-24(16-18-25)21(19-9-4-2-5-10-19)20-11-6-3-7-12-20/h2-7,9-12,21H,8,14-18H2,1H3. The second kappa shape index (κ2) is 9.30. The van der Waals surface area contributed by atoms with Crippen molar-refractivity contribution in [1.29, 1.82) is 5.26 Å². The van der Waals surface area contributed by atoms with Gasteiger partial charge < -0.3 is 0 Å². The van der Waals surface area contributed by atoms with Crippen LogP contribution in [0.4, 0.5) is 0 Å². The Morgan fingerprint density at radius 2 is 1.46 bits per heavy atom. The van der Waals surface area contributed by atoms with Gasteiger partial charge in [-0.25, -0.2) is 0 Å². The summed E-state index contributed by atoms with van der Waals surface area (Å²) in [5.74, 6) is 0. The van der Waals surface area contributed by atoms with Crippen LogP contribution in [0.5, 0.6) is 0 Å². The van der Waals surface area contributed by atoms with Crippen molar-refractivity contribution in [2.45, 2.75) is 12.5 Å². The molecule has 0 aromatic heterocycles. The van der Waals surface area contributed by atoms with E-state index < -0.39 is 10.2 Å². The number of nitriles is 1. The molecule has 148 valence electrons. The highest BCUT2D eigenvalue weighted by Gasteiger charge is 2.33. The summed E-state index contributed by atoms with van der Waals surface area (Å²) in [7, 11) is -1.99. The Kier molecular flexibility index (Phi) is 6.81. The van der Waals surface area contributed by atoms with Crippen LogP contribution in [0.2, 0.25) is 0 Å². The Morgan fingerprint density at radius 1 is 0.964 bits per heavy atom. The number of rotatable bonds is 7. The molecule has 1 aliphatic heterocycles. The van der Waals surface area contributed by atoms with Crippen molar-refractivity contribution in [3.05, 3.63) is 71.8 Å². The summed E-state index contributed by atoms with van der Waals surface area (Å²) in [4.78, 5) is 2.34. The van der Waals surface area contributed by atoms with Crippen LogP contribution in [0.3, 0.4) is 0 Å². The molecule has 0 unspecified atom stereocenters. The Hall–Kier alpha value is -2.24. The van der Waals surface area contributed by atoms with Gasteiger partial charge in [0.25, 0.3) is 10.2 Å². The minimum Gasteiger partial charge on any atom is -0.290 e. The molecule has 1 heterocycles. The van der Waals surface area contributed by atoms with Crippen molar-refractivity contribution >= 4 is 10.2 Å². The van der Waals surface area contributed by atoms with Gasteiger partial charge in [-0.15, -0.1) is 0 Å². The van der Waals surface area contributed by atoms with Gasteiger partial charge in [0.15, 0.2) is 0 Å². The molecular formula is C21H26N4O2S. The Bertz CT molecular complexity index is 850. The predicted molar refractivity (Wildman–Crippen MR) is 110 cm³/mol. The summed E-state index contributed by atoms with van der Waals surface area (Å²) in [6.07, 6.45) is 0.194. The molecule has 1 aliphatic rings. The lowest BCUT2D eigenvalue weighted by atomic mass is 9.96. The lowest BCUT2D eigenvalue weighted by Crippen LogP contribution is -2.53. The minimum absolute atomic E-state index is 0.101. The average molecular weight is 399 g/mol. The maximum Gasteiger partial charge on any atom is 0.281 e. The number of nitrogens with zero attached hydrogens (tertiary/aromatic N) is 4. The first-order valence-electron chi connectivity index (χ1n) is 9.46. The van der Waals surface area contributed by atoms with Crippen molar-refractivity contribution in [1.82, 2.24) is 13.5 Å². The van der Waals surface area contributed by atoms with Crippen LogP contribution in [-0.4, -0.2) is 61.7 Å². The highest BCUT2D eigenvalue weighted by molar-refractivity contribution is 7.86. The average Bonchev–Trinajstić information content (AvgIpc) is 2.74. The largest absolute Gasteiger partial charge is 0.290 e. The van der Waals surface area contributed by atoms with Crippen LogP contribution >= 0.6 is 0 Å². The van der Waals surface area contributed by atoms with Crippen molar-refractivity contribution < 1.29 is 8.42 Å². The van der Waals surface area contributed by atoms with Crippen LogP contribution in [0, 0.1) is 11.3 Å². The van der Waals surface area contributed by atoms with Crippen LogP contribution in [0.15, 0.2) is 60.7 Å². The lowest BCUT2D eigenvalue weighted by molar-refractivity contribution is 0.151. The Labute approximate surface area is 167 Å². The quantitative estimate of drug-likeness (QED) is 0.719. The zero-order chi connectivity index (χ0) is 20.0. The zero-order valence-electron chi connectivity index (χ0n) is 16.1. The monoisotopic (exact) mass is 398 g/mol. The summed E-state index contributed by atoms with van der Waals surface area (Å²) in [5, 5.41) is 8.71. The van der Waals surface area contributed by atoms with E-state index in [1.807, 2.05) is 42.5 Å². The second-order valence-electron chi connectivity index (χ2n) is 6.90. The highest BCUT2D eigenvalue weighted by Crippen LogP contribution is 2.29. The van der Waals surface area contributed by atoms with E-state index in [1.165, 1.54) is 26.8 Å². The van der Waals surface area contributed by atoms with Gasteiger partial charge in [0.2, 0.25) is 0 Å². The third-order valence-corrected chi connectivity index (χ3v) is 7.12. The van der Waals surface area contributed by atoms with E-state index in [1.54, 1.807) is 0 Å². The molecule has 28 heavy (non-hydrogen) atoms. The maximum absolute atomic E-state index is 12.7. The van der Waals surface area contributed by atoms with Gasteiger partial charge in [0.1, 0.15) is 0 Å². The molecule has 0 radical (unpaired) electrons. The summed E-state index contributed by atoms with van der Waals surface area (Å²) < 4.78 is 28.3.